The lowest BCUT2D eigenvalue weighted by Crippen LogP contribution is -2.20. The molecule has 3 aromatic rings. The lowest BCUT2D eigenvalue weighted by Gasteiger charge is -2.13. The number of hydrogen-bond acceptors (Lipinski definition) is 5. The predicted octanol–water partition coefficient (Wildman–Crippen LogP) is 3.44. The highest BCUT2D eigenvalue weighted by atomic mass is 32.2. The van der Waals surface area contributed by atoms with Crippen molar-refractivity contribution in [3.8, 4) is 10.8 Å². The number of carbonyl (C=O) groups excluding carboxylic acids is 2. The quantitative estimate of drug-likeness (QED) is 0.648. The second-order valence-electron chi connectivity index (χ2n) is 6.31. The van der Waals surface area contributed by atoms with Crippen LogP contribution in [0, 0.1) is 0 Å². The molecule has 0 radical (unpaired) electrons. The van der Waals surface area contributed by atoms with Crippen LogP contribution >= 0.6 is 23.1 Å². The summed E-state index contributed by atoms with van der Waals surface area (Å²) in [7, 11) is 0. The Morgan fingerprint density at radius 3 is 2.82 bits per heavy atom. The van der Waals surface area contributed by atoms with Crippen molar-refractivity contribution in [2.24, 2.45) is 5.73 Å². The first-order chi connectivity index (χ1) is 13.6. The lowest BCUT2D eigenvalue weighted by atomic mass is 10.1. The van der Waals surface area contributed by atoms with Gasteiger partial charge in [0.1, 0.15) is 10.8 Å². The number of nitrogens with one attached hydrogen (secondary N) is 1. The molecule has 0 saturated heterocycles. The second-order valence-corrected chi connectivity index (χ2v) is 8.50. The van der Waals surface area contributed by atoms with Crippen molar-refractivity contribution in [3.05, 3.63) is 64.8 Å². The van der Waals surface area contributed by atoms with Gasteiger partial charge in [-0.1, -0.05) is 6.07 Å². The molecule has 8 heteroatoms. The summed E-state index contributed by atoms with van der Waals surface area (Å²) in [6.07, 6.45) is 4.81. The maximum Gasteiger partial charge on any atom is 0.258 e. The largest absolute Gasteiger partial charge is 0.484 e. The summed E-state index contributed by atoms with van der Waals surface area (Å²) < 4.78 is 7.32. The monoisotopic (exact) mass is 413 g/mol. The summed E-state index contributed by atoms with van der Waals surface area (Å²) in [5, 5.41) is 3.92. The second kappa shape index (κ2) is 8.12. The number of nitrogens with two attached hydrogens (primary N) is 1. The minimum absolute atomic E-state index is 0.139. The molecule has 2 amide bonds. The summed E-state index contributed by atoms with van der Waals surface area (Å²) in [4.78, 5) is 25.4. The summed E-state index contributed by atoms with van der Waals surface area (Å²) in [6, 6.07) is 10.9. The predicted molar refractivity (Wildman–Crippen MR) is 113 cm³/mol. The van der Waals surface area contributed by atoms with Gasteiger partial charge >= 0.3 is 0 Å². The van der Waals surface area contributed by atoms with Gasteiger partial charge in [0.25, 0.3) is 11.8 Å². The van der Waals surface area contributed by atoms with Crippen molar-refractivity contribution in [1.82, 2.24) is 4.57 Å². The molecule has 144 valence electrons. The van der Waals surface area contributed by atoms with E-state index in [2.05, 4.69) is 5.32 Å². The van der Waals surface area contributed by atoms with Gasteiger partial charge in [-0.05, 0) is 42.0 Å². The molecule has 3 N–H and O–H groups in total. The van der Waals surface area contributed by atoms with E-state index in [0.717, 1.165) is 34.1 Å². The highest BCUT2D eigenvalue weighted by Gasteiger charge is 2.26. The maximum atomic E-state index is 13.2. The number of fused-ring (bicyclic) bond motifs is 1. The van der Waals surface area contributed by atoms with Crippen molar-refractivity contribution in [1.29, 1.82) is 0 Å². The fourth-order valence-electron chi connectivity index (χ4n) is 3.12. The van der Waals surface area contributed by atoms with E-state index in [9.17, 15) is 9.59 Å². The summed E-state index contributed by atoms with van der Waals surface area (Å²) >= 11 is 3.58. The summed E-state index contributed by atoms with van der Waals surface area (Å²) in [6.45, 7) is -0.203. The number of anilines is 1. The van der Waals surface area contributed by atoms with E-state index in [1.165, 1.54) is 4.88 Å². The number of rotatable bonds is 6. The Labute approximate surface area is 170 Å². The molecule has 0 atom stereocenters. The Bertz CT molecular complexity index is 1010. The highest BCUT2D eigenvalue weighted by molar-refractivity contribution is 7.98. The molecule has 0 saturated carbocycles. The number of thioether (sulfide) groups is 1. The molecule has 1 aliphatic heterocycles. The van der Waals surface area contributed by atoms with Crippen LogP contribution in [-0.2, 0) is 17.0 Å². The number of ether oxygens (including phenoxy) is 1. The number of carbonyl (C=O) groups is 2. The molecule has 3 heterocycles. The standard InChI is InChI=1S/C20H19N3O3S2/c21-17(24)11-26-14-5-3-4-13(10-14)22-19(25)18-15-6-9-27-12-16(15)28-20(18)23-7-1-2-8-23/h1-5,7-8,10H,6,9,11-12H2,(H2,21,24)(H,22,25). The third kappa shape index (κ3) is 3.93. The zero-order chi connectivity index (χ0) is 19.5. The number of hydrogen-bond donors (Lipinski definition) is 2. The fourth-order valence-corrected chi connectivity index (χ4v) is 5.56. The van der Waals surface area contributed by atoms with Crippen LogP contribution in [0.3, 0.4) is 0 Å². The average Bonchev–Trinajstić information content (AvgIpc) is 3.34. The molecule has 28 heavy (non-hydrogen) atoms. The Morgan fingerprint density at radius 2 is 2.04 bits per heavy atom. The van der Waals surface area contributed by atoms with Gasteiger partial charge in [-0.3, -0.25) is 9.59 Å². The van der Waals surface area contributed by atoms with Crippen LogP contribution in [0.5, 0.6) is 5.75 Å². The number of amides is 2. The van der Waals surface area contributed by atoms with Gasteiger partial charge in [-0.2, -0.15) is 11.8 Å². The molecule has 2 aromatic heterocycles. The Hall–Kier alpha value is -2.71. The molecule has 0 aliphatic carbocycles. The van der Waals surface area contributed by atoms with Crippen molar-refractivity contribution in [2.75, 3.05) is 17.7 Å². The zero-order valence-electron chi connectivity index (χ0n) is 15.0. The lowest BCUT2D eigenvalue weighted by molar-refractivity contribution is -0.119. The molecule has 1 aliphatic rings. The third-order valence-electron chi connectivity index (χ3n) is 4.34. The zero-order valence-corrected chi connectivity index (χ0v) is 16.6. The van der Waals surface area contributed by atoms with Crippen molar-refractivity contribution in [3.63, 3.8) is 0 Å². The molecule has 4 rings (SSSR count). The van der Waals surface area contributed by atoms with Crippen molar-refractivity contribution < 1.29 is 14.3 Å². The molecule has 6 nitrogen and oxygen atoms in total. The van der Waals surface area contributed by atoms with Crippen LogP contribution in [-0.4, -0.2) is 28.7 Å². The first-order valence-electron chi connectivity index (χ1n) is 8.80. The van der Waals surface area contributed by atoms with E-state index in [0.29, 0.717) is 11.4 Å². The van der Waals surface area contributed by atoms with E-state index in [-0.39, 0.29) is 12.5 Å². The number of thiophene rings is 1. The molecule has 0 bridgehead atoms. The number of aromatic nitrogens is 1. The van der Waals surface area contributed by atoms with Gasteiger partial charge in [0.05, 0.1) is 5.56 Å². The Morgan fingerprint density at radius 1 is 1.21 bits per heavy atom. The smallest absolute Gasteiger partial charge is 0.258 e. The Kier molecular flexibility index (Phi) is 5.40. The minimum atomic E-state index is -0.548. The first-order valence-corrected chi connectivity index (χ1v) is 10.8. The van der Waals surface area contributed by atoms with E-state index >= 15 is 0 Å². The average molecular weight is 414 g/mol. The normalized spacial score (nSPS) is 13.0. The van der Waals surface area contributed by atoms with E-state index < -0.39 is 5.91 Å². The van der Waals surface area contributed by atoms with Crippen LogP contribution in [0.1, 0.15) is 20.8 Å². The number of benzene rings is 1. The van der Waals surface area contributed by atoms with Crippen LogP contribution in [0.15, 0.2) is 48.8 Å². The minimum Gasteiger partial charge on any atom is -0.484 e. The topological polar surface area (TPSA) is 86.4 Å². The van der Waals surface area contributed by atoms with Crippen molar-refractivity contribution >= 4 is 40.6 Å². The van der Waals surface area contributed by atoms with E-state index in [4.69, 9.17) is 10.5 Å². The highest BCUT2D eigenvalue weighted by Crippen LogP contribution is 2.38. The van der Waals surface area contributed by atoms with Crippen LogP contribution in [0.4, 0.5) is 5.69 Å². The van der Waals surface area contributed by atoms with Gasteiger partial charge < -0.3 is 20.4 Å². The van der Waals surface area contributed by atoms with Crippen LogP contribution in [0.25, 0.3) is 5.00 Å². The van der Waals surface area contributed by atoms with Gasteiger partial charge in [-0.25, -0.2) is 0 Å². The van der Waals surface area contributed by atoms with Gasteiger partial charge in [-0.15, -0.1) is 11.3 Å². The van der Waals surface area contributed by atoms with E-state index in [1.54, 1.807) is 35.6 Å². The van der Waals surface area contributed by atoms with Crippen LogP contribution < -0.4 is 15.8 Å². The van der Waals surface area contributed by atoms with Gasteiger partial charge in [0.2, 0.25) is 0 Å². The number of nitrogens with zero attached hydrogens (tertiary/aromatic N) is 1. The van der Waals surface area contributed by atoms with Crippen molar-refractivity contribution in [2.45, 2.75) is 12.2 Å². The first kappa shape index (κ1) is 18.6. The molecule has 0 unspecified atom stereocenters. The molecule has 1 aromatic carbocycles. The summed E-state index contributed by atoms with van der Waals surface area (Å²) in [5.74, 6) is 1.75. The van der Waals surface area contributed by atoms with Crippen LogP contribution in [0.2, 0.25) is 0 Å². The molecule has 0 spiro atoms. The van der Waals surface area contributed by atoms with Gasteiger partial charge in [0.15, 0.2) is 6.61 Å². The number of primary amides is 1. The SMILES string of the molecule is NC(=O)COc1cccc(NC(=O)c2c(-n3cccc3)sc3c2CCSC3)c1. The fraction of sp³-hybridized carbons (Fsp3) is 0.200. The Balaban J connectivity index is 1.63. The molecular weight excluding hydrogens is 394 g/mol. The third-order valence-corrected chi connectivity index (χ3v) is 6.75. The summed E-state index contributed by atoms with van der Waals surface area (Å²) in [5.41, 5.74) is 7.60. The van der Waals surface area contributed by atoms with E-state index in [1.807, 2.05) is 40.9 Å². The molecule has 0 fully saturated rings. The molecular formula is C20H19N3O3S2. The maximum absolute atomic E-state index is 13.2. The van der Waals surface area contributed by atoms with Gasteiger partial charge in [0, 0.05) is 34.8 Å².